The Hall–Kier alpha value is -2.89. The van der Waals surface area contributed by atoms with Crippen molar-refractivity contribution >= 4 is 23.9 Å². The number of esters is 1. The molecule has 0 spiro atoms. The molecular weight excluding hydrogens is 452 g/mol. The predicted octanol–water partition coefficient (Wildman–Crippen LogP) is 5.74. The molecule has 0 fully saturated rings. The van der Waals surface area contributed by atoms with Gasteiger partial charge in [-0.15, -0.1) is 0 Å². The van der Waals surface area contributed by atoms with Crippen LogP contribution in [0.15, 0.2) is 91.0 Å². The molecule has 4 nitrogen and oxygen atoms in total. The van der Waals surface area contributed by atoms with E-state index in [0.29, 0.717) is 0 Å². The second-order valence-electron chi connectivity index (χ2n) is 7.63. The van der Waals surface area contributed by atoms with Crippen LogP contribution in [0.1, 0.15) is 24.2 Å². The molecule has 0 N–H and O–H groups in total. The van der Waals surface area contributed by atoms with E-state index in [1.54, 1.807) is 54.6 Å². The summed E-state index contributed by atoms with van der Waals surface area (Å²) in [5.41, 5.74) is 0.222. The van der Waals surface area contributed by atoms with E-state index < -0.39 is 37.6 Å². The molecule has 0 aliphatic heterocycles. The maximum atomic E-state index is 14.2. The Kier molecular flexibility index (Phi) is 7.77. The van der Waals surface area contributed by atoms with E-state index in [1.165, 1.54) is 50.2 Å². The molecule has 0 aliphatic rings. The first kappa shape index (κ1) is 24.7. The molecule has 0 saturated heterocycles. The lowest BCUT2D eigenvalue weighted by atomic mass is 9.98. The van der Waals surface area contributed by atoms with E-state index in [9.17, 15) is 22.5 Å². The third-order valence-electron chi connectivity index (χ3n) is 5.30. The van der Waals surface area contributed by atoms with Gasteiger partial charge >= 0.3 is 12.1 Å². The van der Waals surface area contributed by atoms with Gasteiger partial charge in [-0.2, -0.15) is 13.2 Å². The number of hydrogen-bond acceptors (Lipinski definition) is 4. The molecular formula is C25H24F3O4P. The third kappa shape index (κ3) is 5.92. The van der Waals surface area contributed by atoms with Gasteiger partial charge in [-0.25, -0.2) is 4.79 Å². The van der Waals surface area contributed by atoms with Crippen LogP contribution in [0.4, 0.5) is 13.2 Å². The first-order valence-electron chi connectivity index (χ1n) is 10.4. The van der Waals surface area contributed by atoms with Crippen molar-refractivity contribution in [1.82, 2.24) is 0 Å². The molecule has 33 heavy (non-hydrogen) atoms. The van der Waals surface area contributed by atoms with Gasteiger partial charge in [-0.1, -0.05) is 61.5 Å². The minimum atomic E-state index is -4.86. The molecule has 0 bridgehead atoms. The lowest BCUT2D eigenvalue weighted by Gasteiger charge is -2.33. The molecule has 0 heterocycles. The van der Waals surface area contributed by atoms with E-state index in [4.69, 9.17) is 9.26 Å². The molecule has 0 amide bonds. The molecule has 0 aliphatic carbocycles. The van der Waals surface area contributed by atoms with E-state index in [1.807, 2.05) is 0 Å². The van der Waals surface area contributed by atoms with E-state index in [0.717, 1.165) is 0 Å². The fraction of sp³-hybridized carbons (Fsp3) is 0.240. The molecule has 3 rings (SSSR count). The SMILES string of the molecule is CC(OC(=O)c1ccccc1)C(C)C(OP(=O)(c1ccccc1)c1ccccc1)C(F)(F)F. The minimum Gasteiger partial charge on any atom is -0.459 e. The lowest BCUT2D eigenvalue weighted by molar-refractivity contribution is -0.215. The molecule has 0 aromatic heterocycles. The van der Waals surface area contributed by atoms with Gasteiger partial charge in [0.05, 0.1) is 5.56 Å². The molecule has 174 valence electrons. The number of ether oxygens (including phenoxy) is 1. The Morgan fingerprint density at radius 1 is 0.788 bits per heavy atom. The second-order valence-corrected chi connectivity index (χ2v) is 9.97. The first-order valence-corrected chi connectivity index (χ1v) is 12.0. The van der Waals surface area contributed by atoms with Crippen LogP contribution in [-0.4, -0.2) is 24.4 Å². The highest BCUT2D eigenvalue weighted by Crippen LogP contribution is 2.50. The maximum absolute atomic E-state index is 14.2. The number of carbonyl (C=O) groups excluding carboxylic acids is 1. The van der Waals surface area contributed by atoms with Crippen molar-refractivity contribution in [2.75, 3.05) is 0 Å². The Balaban J connectivity index is 1.92. The van der Waals surface area contributed by atoms with Gasteiger partial charge in [-0.3, -0.25) is 4.57 Å². The highest BCUT2D eigenvalue weighted by Gasteiger charge is 2.50. The largest absolute Gasteiger partial charge is 0.459 e. The number of rotatable bonds is 8. The van der Waals surface area contributed by atoms with Crippen molar-refractivity contribution in [1.29, 1.82) is 0 Å². The van der Waals surface area contributed by atoms with Crippen molar-refractivity contribution in [2.45, 2.75) is 32.2 Å². The van der Waals surface area contributed by atoms with Gasteiger partial charge in [-0.05, 0) is 43.3 Å². The average Bonchev–Trinajstić information content (AvgIpc) is 2.83. The van der Waals surface area contributed by atoms with Crippen molar-refractivity contribution < 1.29 is 31.8 Å². The molecule has 8 heteroatoms. The Labute approximate surface area is 190 Å². The zero-order valence-corrected chi connectivity index (χ0v) is 19.0. The number of hydrogen-bond donors (Lipinski definition) is 0. The van der Waals surface area contributed by atoms with Gasteiger partial charge in [0.2, 0.25) is 0 Å². The van der Waals surface area contributed by atoms with Crippen molar-refractivity contribution in [3.63, 3.8) is 0 Å². The molecule has 3 aromatic carbocycles. The standard InChI is InChI=1S/C25H24F3O4P/c1-18(19(2)31-24(29)20-12-6-3-7-13-20)23(25(26,27)28)32-33(30,21-14-8-4-9-15-21)22-16-10-5-11-17-22/h3-19,23H,1-2H3. The number of halogens is 3. The number of carbonyl (C=O) groups is 1. The summed E-state index contributed by atoms with van der Waals surface area (Å²) in [6.07, 6.45) is -8.46. The smallest absolute Gasteiger partial charge is 0.415 e. The minimum absolute atomic E-state index is 0.145. The van der Waals surface area contributed by atoms with Crippen LogP contribution in [0.3, 0.4) is 0 Å². The summed E-state index contributed by atoms with van der Waals surface area (Å²) in [7, 11) is -4.12. The zero-order valence-electron chi connectivity index (χ0n) is 18.1. The summed E-state index contributed by atoms with van der Waals surface area (Å²) in [4.78, 5) is 12.4. The van der Waals surface area contributed by atoms with Gasteiger partial charge in [0.1, 0.15) is 6.10 Å². The Bertz CT molecular complexity index is 1050. The fourth-order valence-corrected chi connectivity index (χ4v) is 5.60. The molecule has 0 saturated carbocycles. The number of alkyl halides is 3. The summed E-state index contributed by atoms with van der Waals surface area (Å²) in [6, 6.07) is 23.6. The summed E-state index contributed by atoms with van der Waals surface area (Å²) in [5, 5.41) is 0.290. The molecule has 3 atom stereocenters. The highest BCUT2D eigenvalue weighted by molar-refractivity contribution is 7.74. The van der Waals surface area contributed by atoms with Crippen LogP contribution in [0, 0.1) is 5.92 Å². The fourth-order valence-electron chi connectivity index (χ4n) is 3.30. The van der Waals surface area contributed by atoms with Gasteiger partial charge in [0, 0.05) is 16.5 Å². The van der Waals surface area contributed by atoms with Crippen LogP contribution >= 0.6 is 7.37 Å². The summed E-state index contributed by atoms with van der Waals surface area (Å²) < 4.78 is 67.3. The molecule has 3 unspecified atom stereocenters. The molecule has 3 aromatic rings. The lowest BCUT2D eigenvalue weighted by Crippen LogP contribution is -2.43. The monoisotopic (exact) mass is 476 g/mol. The van der Waals surface area contributed by atoms with Gasteiger partial charge in [0.15, 0.2) is 6.10 Å². The first-order chi connectivity index (χ1) is 15.6. The Morgan fingerprint density at radius 2 is 1.21 bits per heavy atom. The van der Waals surface area contributed by atoms with Crippen LogP contribution in [0.2, 0.25) is 0 Å². The quantitative estimate of drug-likeness (QED) is 0.307. The summed E-state index contributed by atoms with van der Waals surface area (Å²) in [6.45, 7) is 2.63. The topological polar surface area (TPSA) is 52.6 Å². The second kappa shape index (κ2) is 10.4. The average molecular weight is 476 g/mol. The van der Waals surface area contributed by atoms with Crippen molar-refractivity contribution in [3.8, 4) is 0 Å². The van der Waals surface area contributed by atoms with Crippen molar-refractivity contribution in [2.24, 2.45) is 5.92 Å². The highest BCUT2D eigenvalue weighted by atomic mass is 31.2. The van der Waals surface area contributed by atoms with E-state index >= 15 is 0 Å². The summed E-state index contributed by atoms with van der Waals surface area (Å²) in [5.74, 6) is -2.08. The van der Waals surface area contributed by atoms with Crippen LogP contribution < -0.4 is 10.6 Å². The van der Waals surface area contributed by atoms with Gasteiger partial charge in [0.25, 0.3) is 7.37 Å². The normalized spacial score (nSPS) is 14.8. The van der Waals surface area contributed by atoms with Crippen LogP contribution in [-0.2, 0) is 13.8 Å². The number of benzene rings is 3. The van der Waals surface area contributed by atoms with Crippen LogP contribution in [0.25, 0.3) is 0 Å². The van der Waals surface area contributed by atoms with E-state index in [-0.39, 0.29) is 16.2 Å². The third-order valence-corrected chi connectivity index (χ3v) is 7.78. The summed E-state index contributed by atoms with van der Waals surface area (Å²) >= 11 is 0. The molecule has 0 radical (unpaired) electrons. The van der Waals surface area contributed by atoms with Crippen molar-refractivity contribution in [3.05, 3.63) is 96.6 Å². The zero-order chi connectivity index (χ0) is 24.1. The maximum Gasteiger partial charge on any atom is 0.415 e. The predicted molar refractivity (Wildman–Crippen MR) is 121 cm³/mol. The van der Waals surface area contributed by atoms with E-state index in [2.05, 4.69) is 0 Å². The van der Waals surface area contributed by atoms with Gasteiger partial charge < -0.3 is 9.26 Å². The Morgan fingerprint density at radius 3 is 1.64 bits per heavy atom. The van der Waals surface area contributed by atoms with Crippen LogP contribution in [0.5, 0.6) is 0 Å².